The van der Waals surface area contributed by atoms with Crippen molar-refractivity contribution >= 4 is 5.97 Å². The van der Waals surface area contributed by atoms with Gasteiger partial charge < -0.3 is 10.5 Å². The summed E-state index contributed by atoms with van der Waals surface area (Å²) >= 11 is 0. The lowest BCUT2D eigenvalue weighted by atomic mass is 9.36. The molecule has 0 heterocycles. The molecule has 114 valence electrons. The zero-order chi connectivity index (χ0) is 15.0. The molecule has 20 heavy (non-hydrogen) atoms. The van der Waals surface area contributed by atoms with Crippen LogP contribution in [0.25, 0.3) is 0 Å². The van der Waals surface area contributed by atoms with E-state index in [4.69, 9.17) is 10.5 Å². The molecule has 3 aliphatic rings. The van der Waals surface area contributed by atoms with Crippen LogP contribution in [0.3, 0.4) is 0 Å². The molecule has 3 saturated carbocycles. The normalized spacial score (nSPS) is 31.1. The van der Waals surface area contributed by atoms with Gasteiger partial charge in [-0.3, -0.25) is 4.79 Å². The summed E-state index contributed by atoms with van der Waals surface area (Å²) in [4.78, 5) is 12.1. The smallest absolute Gasteiger partial charge is 0.326 e. The van der Waals surface area contributed by atoms with Crippen molar-refractivity contribution in [2.45, 2.75) is 76.4 Å². The maximum Gasteiger partial charge on any atom is 0.326 e. The first-order valence-corrected chi connectivity index (χ1v) is 7.27. The van der Waals surface area contributed by atoms with Crippen molar-refractivity contribution in [1.82, 2.24) is 0 Å². The quantitative estimate of drug-likeness (QED) is 0.754. The van der Waals surface area contributed by atoms with Gasteiger partial charge in [-0.15, -0.1) is 0 Å². The molecule has 3 fully saturated rings. The van der Waals surface area contributed by atoms with E-state index in [-0.39, 0.29) is 29.6 Å². The number of hydrogen-bond acceptors (Lipinski definition) is 3. The molecular weight excluding hydrogens is 264 g/mol. The summed E-state index contributed by atoms with van der Waals surface area (Å²) in [6.45, 7) is 5.45. The monoisotopic (exact) mass is 287 g/mol. The summed E-state index contributed by atoms with van der Waals surface area (Å²) in [5.41, 5.74) is 4.55. The molecule has 5 heteroatoms. The fourth-order valence-electron chi connectivity index (χ4n) is 4.90. The van der Waals surface area contributed by atoms with E-state index in [0.717, 1.165) is 12.8 Å². The van der Waals surface area contributed by atoms with Crippen molar-refractivity contribution in [3.8, 4) is 0 Å². The maximum absolute atomic E-state index is 13.0. The van der Waals surface area contributed by atoms with Gasteiger partial charge in [0.1, 0.15) is 11.1 Å². The Hall–Kier alpha value is -0.710. The molecule has 0 aromatic heterocycles. The number of alkyl halides is 2. The first kappa shape index (κ1) is 14.2. The Bertz CT molecular complexity index is 443. The topological polar surface area (TPSA) is 52.3 Å². The summed E-state index contributed by atoms with van der Waals surface area (Å²) in [5.74, 6) is -2.81. The zero-order valence-electron chi connectivity index (χ0n) is 12.4. The summed E-state index contributed by atoms with van der Waals surface area (Å²) in [6, 6.07) is 0. The molecule has 0 aromatic rings. The highest BCUT2D eigenvalue weighted by Gasteiger charge is 2.72. The van der Waals surface area contributed by atoms with E-state index in [2.05, 4.69) is 0 Å². The van der Waals surface area contributed by atoms with Crippen LogP contribution >= 0.6 is 0 Å². The molecule has 0 unspecified atom stereocenters. The Kier molecular flexibility index (Phi) is 2.52. The van der Waals surface area contributed by atoms with Gasteiger partial charge in [-0.2, -0.15) is 0 Å². The predicted molar refractivity (Wildman–Crippen MR) is 70.3 cm³/mol. The third-order valence-corrected chi connectivity index (χ3v) is 4.95. The molecule has 2 spiro atoms. The molecule has 2 N–H and O–H groups in total. The molecule has 3 aliphatic carbocycles. The van der Waals surface area contributed by atoms with E-state index in [1.807, 2.05) is 20.8 Å². The highest BCUT2D eigenvalue weighted by molar-refractivity contribution is 5.82. The number of hydrogen-bond donors (Lipinski definition) is 1. The summed E-state index contributed by atoms with van der Waals surface area (Å²) in [5, 5.41) is 0. The van der Waals surface area contributed by atoms with E-state index < -0.39 is 17.1 Å². The second-order valence-corrected chi connectivity index (χ2v) is 8.57. The van der Waals surface area contributed by atoms with Gasteiger partial charge in [-0.05, 0) is 57.3 Å². The molecule has 0 atom stereocenters. The standard InChI is InChI=1S/C15H23F2NO2/c1-11(2,3)20-10(19)14(18)6-12(7-14)4-13(5-12)8-15(16,17)9-13/h4-9,18H2,1-3H3. The van der Waals surface area contributed by atoms with E-state index >= 15 is 0 Å². The largest absolute Gasteiger partial charge is 0.459 e. The maximum atomic E-state index is 13.0. The van der Waals surface area contributed by atoms with Crippen LogP contribution in [0.5, 0.6) is 0 Å². The Morgan fingerprint density at radius 3 is 1.85 bits per heavy atom. The molecule has 3 nitrogen and oxygen atoms in total. The van der Waals surface area contributed by atoms with Crippen LogP contribution in [0.2, 0.25) is 0 Å². The Morgan fingerprint density at radius 1 is 1.00 bits per heavy atom. The molecule has 0 bridgehead atoms. The molecule has 0 saturated heterocycles. The minimum Gasteiger partial charge on any atom is -0.459 e. The number of nitrogens with two attached hydrogens (primary N) is 1. The van der Waals surface area contributed by atoms with Crippen molar-refractivity contribution in [3.63, 3.8) is 0 Å². The average Bonchev–Trinajstić information content (AvgIpc) is 2.06. The van der Waals surface area contributed by atoms with Crippen molar-refractivity contribution in [2.75, 3.05) is 0 Å². The lowest BCUT2D eigenvalue weighted by Crippen LogP contribution is -2.71. The van der Waals surface area contributed by atoms with Crippen LogP contribution in [0.4, 0.5) is 8.78 Å². The summed E-state index contributed by atoms with van der Waals surface area (Å²) in [7, 11) is 0. The fourth-order valence-corrected chi connectivity index (χ4v) is 4.90. The number of halogens is 2. The number of rotatable bonds is 1. The predicted octanol–water partition coefficient (Wildman–Crippen LogP) is 3.02. The van der Waals surface area contributed by atoms with E-state index in [1.165, 1.54) is 0 Å². The van der Waals surface area contributed by atoms with Gasteiger partial charge in [-0.1, -0.05) is 0 Å². The number of esters is 1. The number of carbonyl (C=O) groups is 1. The number of ether oxygens (including phenoxy) is 1. The molecule has 0 aliphatic heterocycles. The Morgan fingerprint density at radius 2 is 1.45 bits per heavy atom. The van der Waals surface area contributed by atoms with Gasteiger partial charge in [-0.25, -0.2) is 8.78 Å². The minimum atomic E-state index is -2.46. The zero-order valence-corrected chi connectivity index (χ0v) is 12.4. The van der Waals surface area contributed by atoms with Crippen LogP contribution in [0, 0.1) is 10.8 Å². The first-order chi connectivity index (χ1) is 8.87. The van der Waals surface area contributed by atoms with Crippen molar-refractivity contribution < 1.29 is 18.3 Å². The van der Waals surface area contributed by atoms with Crippen LogP contribution in [-0.2, 0) is 9.53 Å². The first-order valence-electron chi connectivity index (χ1n) is 7.27. The molecule has 0 radical (unpaired) electrons. The SMILES string of the molecule is CC(C)(C)OC(=O)C1(N)CC2(CC3(CC(F)(F)C3)C2)C1. The lowest BCUT2D eigenvalue weighted by Gasteiger charge is -2.69. The Balaban J connectivity index is 1.54. The fraction of sp³-hybridized carbons (Fsp3) is 0.933. The summed E-state index contributed by atoms with van der Waals surface area (Å²) in [6.07, 6.45) is 2.82. The van der Waals surface area contributed by atoms with Gasteiger partial charge in [0.2, 0.25) is 5.92 Å². The second kappa shape index (κ2) is 3.54. The van der Waals surface area contributed by atoms with Gasteiger partial charge >= 0.3 is 5.97 Å². The Labute approximate surface area is 118 Å². The van der Waals surface area contributed by atoms with Crippen LogP contribution in [0.1, 0.15) is 59.3 Å². The van der Waals surface area contributed by atoms with Crippen LogP contribution in [0.15, 0.2) is 0 Å². The van der Waals surface area contributed by atoms with Gasteiger partial charge in [0.25, 0.3) is 0 Å². The van der Waals surface area contributed by atoms with Crippen molar-refractivity contribution in [2.24, 2.45) is 16.6 Å². The van der Waals surface area contributed by atoms with Crippen molar-refractivity contribution in [1.29, 1.82) is 0 Å². The average molecular weight is 287 g/mol. The minimum absolute atomic E-state index is 0.0196. The summed E-state index contributed by atoms with van der Waals surface area (Å²) < 4.78 is 31.3. The molecule has 0 amide bonds. The van der Waals surface area contributed by atoms with Gasteiger partial charge in [0.05, 0.1) is 0 Å². The molecule has 3 rings (SSSR count). The van der Waals surface area contributed by atoms with Crippen LogP contribution < -0.4 is 5.73 Å². The van der Waals surface area contributed by atoms with Crippen LogP contribution in [-0.4, -0.2) is 23.0 Å². The second-order valence-electron chi connectivity index (χ2n) is 8.57. The van der Waals surface area contributed by atoms with E-state index in [1.54, 1.807) is 0 Å². The van der Waals surface area contributed by atoms with E-state index in [9.17, 15) is 13.6 Å². The molecule has 0 aromatic carbocycles. The third-order valence-electron chi connectivity index (χ3n) is 4.95. The van der Waals surface area contributed by atoms with Gasteiger partial charge in [0.15, 0.2) is 0 Å². The molecular formula is C15H23F2NO2. The third kappa shape index (κ3) is 2.14. The van der Waals surface area contributed by atoms with Gasteiger partial charge in [0, 0.05) is 12.8 Å². The number of carbonyl (C=O) groups excluding carboxylic acids is 1. The van der Waals surface area contributed by atoms with Crippen molar-refractivity contribution in [3.05, 3.63) is 0 Å². The van der Waals surface area contributed by atoms with E-state index in [0.29, 0.717) is 12.8 Å². The lowest BCUT2D eigenvalue weighted by molar-refractivity contribution is -0.259. The highest BCUT2D eigenvalue weighted by Crippen LogP contribution is 2.75. The highest BCUT2D eigenvalue weighted by atomic mass is 19.3.